The summed E-state index contributed by atoms with van der Waals surface area (Å²) >= 11 is 0. The van der Waals surface area contributed by atoms with E-state index in [0.717, 1.165) is 41.6 Å². The lowest BCUT2D eigenvalue weighted by molar-refractivity contribution is 0.380. The number of hydrogen-bond acceptors (Lipinski definition) is 6. The third-order valence-corrected chi connectivity index (χ3v) is 4.10. The highest BCUT2D eigenvalue weighted by atomic mass is 16.5. The molecular weight excluding hydrogens is 278 g/mol. The first-order valence-corrected chi connectivity index (χ1v) is 7.24. The molecule has 1 aliphatic carbocycles. The molecule has 2 heterocycles. The normalized spacial score (nSPS) is 16.7. The second-order valence-electron chi connectivity index (χ2n) is 5.47. The monoisotopic (exact) mass is 295 g/mol. The molecule has 0 fully saturated rings. The second-order valence-corrected chi connectivity index (χ2v) is 5.47. The van der Waals surface area contributed by atoms with Crippen molar-refractivity contribution in [3.05, 3.63) is 29.2 Å². The summed E-state index contributed by atoms with van der Waals surface area (Å²) in [5.74, 6) is 0.623. The Labute approximate surface area is 129 Å². The van der Waals surface area contributed by atoms with E-state index in [-0.39, 0.29) is 5.82 Å². The maximum Gasteiger partial charge on any atom is 0.316 e. The molecule has 0 aromatic carbocycles. The lowest BCUT2D eigenvalue weighted by Gasteiger charge is -2.25. The van der Waals surface area contributed by atoms with Gasteiger partial charge in [0.25, 0.3) is 0 Å². The molecule has 3 rings (SSSR count). The van der Waals surface area contributed by atoms with Gasteiger partial charge in [-0.15, -0.1) is 0 Å². The van der Waals surface area contributed by atoms with Gasteiger partial charge in [-0.2, -0.15) is 5.26 Å². The molecule has 2 aromatic heterocycles. The van der Waals surface area contributed by atoms with E-state index in [1.54, 1.807) is 12.4 Å². The van der Waals surface area contributed by atoms with Crippen molar-refractivity contribution < 1.29 is 4.74 Å². The van der Waals surface area contributed by atoms with Crippen molar-refractivity contribution >= 4 is 5.82 Å². The Bertz CT molecular complexity index is 749. The van der Waals surface area contributed by atoms with Crippen molar-refractivity contribution in [1.82, 2.24) is 15.0 Å². The minimum Gasteiger partial charge on any atom is -0.467 e. The van der Waals surface area contributed by atoms with Crippen LogP contribution in [0.2, 0.25) is 0 Å². The van der Waals surface area contributed by atoms with Gasteiger partial charge in [-0.3, -0.25) is 0 Å². The molecule has 0 saturated heterocycles. The minimum atomic E-state index is 0.279. The topological polar surface area (TPSA) is 97.7 Å². The van der Waals surface area contributed by atoms with Crippen LogP contribution in [0.3, 0.4) is 0 Å². The molecule has 22 heavy (non-hydrogen) atoms. The van der Waals surface area contributed by atoms with Crippen LogP contribution in [-0.2, 0) is 6.42 Å². The van der Waals surface area contributed by atoms with E-state index in [4.69, 9.17) is 10.5 Å². The highest BCUT2D eigenvalue weighted by Gasteiger charge is 2.26. The number of fused-ring (bicyclic) bond motifs is 1. The van der Waals surface area contributed by atoms with Crippen molar-refractivity contribution in [2.24, 2.45) is 0 Å². The molecule has 1 unspecified atom stereocenters. The quantitative estimate of drug-likeness (QED) is 0.913. The molecular formula is C16H17N5O. The maximum atomic E-state index is 9.49. The molecule has 0 amide bonds. The summed E-state index contributed by atoms with van der Waals surface area (Å²) in [5, 5.41) is 9.49. The van der Waals surface area contributed by atoms with Crippen LogP contribution in [0.15, 0.2) is 12.4 Å². The van der Waals surface area contributed by atoms with Gasteiger partial charge in [0.05, 0.1) is 7.11 Å². The summed E-state index contributed by atoms with van der Waals surface area (Å²) in [4.78, 5) is 12.8. The fraction of sp³-hybridized carbons (Fsp3) is 0.375. The average molecular weight is 295 g/mol. The zero-order valence-electron chi connectivity index (χ0n) is 12.6. The molecule has 0 saturated carbocycles. The first-order valence-electron chi connectivity index (χ1n) is 7.24. The van der Waals surface area contributed by atoms with E-state index in [1.807, 2.05) is 0 Å². The zero-order chi connectivity index (χ0) is 15.7. The van der Waals surface area contributed by atoms with Crippen LogP contribution in [0.4, 0.5) is 5.82 Å². The summed E-state index contributed by atoms with van der Waals surface area (Å²) in [6.07, 6.45) is 6.39. The number of anilines is 1. The maximum absolute atomic E-state index is 9.49. The van der Waals surface area contributed by atoms with E-state index >= 15 is 0 Å². The lowest BCUT2D eigenvalue weighted by atomic mass is 9.82. The number of nitrogens with two attached hydrogens (primary N) is 1. The van der Waals surface area contributed by atoms with Crippen LogP contribution in [0.25, 0.3) is 11.1 Å². The van der Waals surface area contributed by atoms with Crippen molar-refractivity contribution in [2.75, 3.05) is 12.8 Å². The smallest absolute Gasteiger partial charge is 0.316 e. The molecule has 2 aromatic rings. The average Bonchev–Trinajstić information content (AvgIpc) is 2.55. The standard InChI is InChI=1S/C16H17N5O/c1-9-4-3-5-11-13(10-7-19-16(22-2)20-8-10)12(6-17)15(18)21-14(9)11/h7-9H,3-5H2,1-2H3,(H2,18,21). The Morgan fingerprint density at radius 3 is 2.73 bits per heavy atom. The molecule has 1 atom stereocenters. The predicted octanol–water partition coefficient (Wildman–Crippen LogP) is 2.44. The Morgan fingerprint density at radius 1 is 1.36 bits per heavy atom. The van der Waals surface area contributed by atoms with Crippen LogP contribution in [0.5, 0.6) is 6.01 Å². The Balaban J connectivity index is 2.26. The van der Waals surface area contributed by atoms with Crippen LogP contribution < -0.4 is 10.5 Å². The van der Waals surface area contributed by atoms with Crippen LogP contribution >= 0.6 is 0 Å². The predicted molar refractivity (Wildman–Crippen MR) is 82.3 cm³/mol. The van der Waals surface area contributed by atoms with Gasteiger partial charge in [0.15, 0.2) is 0 Å². The van der Waals surface area contributed by atoms with Crippen molar-refractivity contribution in [3.63, 3.8) is 0 Å². The van der Waals surface area contributed by atoms with E-state index in [1.165, 1.54) is 7.11 Å². The Kier molecular flexibility index (Phi) is 3.63. The second kappa shape index (κ2) is 5.60. The molecule has 0 spiro atoms. The van der Waals surface area contributed by atoms with Gasteiger partial charge in [-0.05, 0) is 30.7 Å². The van der Waals surface area contributed by atoms with E-state index in [9.17, 15) is 5.26 Å². The third kappa shape index (κ3) is 2.25. The number of methoxy groups -OCH3 is 1. The van der Waals surface area contributed by atoms with E-state index in [2.05, 4.69) is 27.9 Å². The highest BCUT2D eigenvalue weighted by molar-refractivity contribution is 5.78. The number of ether oxygens (including phenoxy) is 1. The summed E-state index contributed by atoms with van der Waals surface area (Å²) in [7, 11) is 1.52. The van der Waals surface area contributed by atoms with Gasteiger partial charge < -0.3 is 10.5 Å². The summed E-state index contributed by atoms with van der Waals surface area (Å²) in [5.41, 5.74) is 10.1. The first kappa shape index (κ1) is 14.3. The summed E-state index contributed by atoms with van der Waals surface area (Å²) in [6, 6.07) is 2.48. The number of nitriles is 1. The Morgan fingerprint density at radius 2 is 2.09 bits per heavy atom. The fourth-order valence-corrected chi connectivity index (χ4v) is 3.03. The number of aromatic nitrogens is 3. The van der Waals surface area contributed by atoms with Gasteiger partial charge in [0.1, 0.15) is 17.5 Å². The molecule has 0 aliphatic heterocycles. The third-order valence-electron chi connectivity index (χ3n) is 4.10. The largest absolute Gasteiger partial charge is 0.467 e. The number of nitrogens with zero attached hydrogens (tertiary/aromatic N) is 4. The van der Waals surface area contributed by atoms with Gasteiger partial charge in [-0.25, -0.2) is 15.0 Å². The number of nitrogen functional groups attached to an aromatic ring is 1. The van der Waals surface area contributed by atoms with Crippen molar-refractivity contribution in [3.8, 4) is 23.2 Å². The number of pyridine rings is 1. The zero-order valence-corrected chi connectivity index (χ0v) is 12.6. The van der Waals surface area contributed by atoms with Gasteiger partial charge in [0, 0.05) is 29.2 Å². The summed E-state index contributed by atoms with van der Waals surface area (Å²) < 4.78 is 4.99. The molecule has 6 nitrogen and oxygen atoms in total. The number of hydrogen-bond donors (Lipinski definition) is 1. The Hall–Kier alpha value is -2.68. The van der Waals surface area contributed by atoms with Crippen molar-refractivity contribution in [1.29, 1.82) is 5.26 Å². The lowest BCUT2D eigenvalue weighted by Crippen LogP contribution is -2.14. The molecule has 0 bridgehead atoms. The SMILES string of the molecule is COc1ncc(-c2c(C#N)c(N)nc3c2CCCC3C)cn1. The van der Waals surface area contributed by atoms with E-state index in [0.29, 0.717) is 17.5 Å². The van der Waals surface area contributed by atoms with Gasteiger partial charge >= 0.3 is 6.01 Å². The molecule has 0 radical (unpaired) electrons. The first-order chi connectivity index (χ1) is 10.7. The minimum absolute atomic E-state index is 0.279. The van der Waals surface area contributed by atoms with Crippen LogP contribution in [-0.4, -0.2) is 22.1 Å². The fourth-order valence-electron chi connectivity index (χ4n) is 3.03. The van der Waals surface area contributed by atoms with Crippen LogP contribution in [0, 0.1) is 11.3 Å². The van der Waals surface area contributed by atoms with Crippen molar-refractivity contribution in [2.45, 2.75) is 32.1 Å². The summed E-state index contributed by atoms with van der Waals surface area (Å²) in [6.45, 7) is 2.14. The van der Waals surface area contributed by atoms with Gasteiger partial charge in [-0.1, -0.05) is 6.92 Å². The number of rotatable bonds is 2. The van der Waals surface area contributed by atoms with Crippen LogP contribution in [0.1, 0.15) is 42.5 Å². The highest BCUT2D eigenvalue weighted by Crippen LogP contribution is 2.39. The molecule has 1 aliphatic rings. The van der Waals surface area contributed by atoms with Gasteiger partial charge in [0.2, 0.25) is 0 Å². The molecule has 112 valence electrons. The molecule has 2 N–H and O–H groups in total. The molecule has 6 heteroatoms. The van der Waals surface area contributed by atoms with E-state index < -0.39 is 0 Å².